The Hall–Kier alpha value is -1.02. The lowest BCUT2D eigenvalue weighted by molar-refractivity contribution is 0.195. The van der Waals surface area contributed by atoms with Crippen molar-refractivity contribution in [3.05, 3.63) is 29.8 Å². The third-order valence-electron chi connectivity index (χ3n) is 1.47. The number of aliphatic hydroxyl groups excluding tert-OH is 1. The van der Waals surface area contributed by atoms with Crippen LogP contribution in [0.1, 0.15) is 12.5 Å². The Morgan fingerprint density at radius 3 is 2.27 bits per heavy atom. The molecule has 1 atom stereocenters. The zero-order valence-electron chi connectivity index (χ0n) is 6.49. The van der Waals surface area contributed by atoms with Crippen LogP contribution >= 0.6 is 0 Å². The third-order valence-corrected chi connectivity index (χ3v) is 1.47. The Kier molecular flexibility index (Phi) is 2.49. The molecule has 0 radical (unpaired) electrons. The number of hydrogen-bond donors (Lipinski definition) is 2. The lowest BCUT2D eigenvalue weighted by Gasteiger charge is -2.03. The van der Waals surface area contributed by atoms with Crippen LogP contribution in [0.2, 0.25) is 0 Å². The summed E-state index contributed by atoms with van der Waals surface area (Å²) < 4.78 is 0. The predicted octanol–water partition coefficient (Wildman–Crippen LogP) is 1.32. The molecule has 1 aromatic carbocycles. The first-order valence-corrected chi connectivity index (χ1v) is 3.64. The highest BCUT2D eigenvalue weighted by molar-refractivity contribution is 5.26. The van der Waals surface area contributed by atoms with Gasteiger partial charge in [0.2, 0.25) is 0 Å². The predicted molar refractivity (Wildman–Crippen MR) is 43.5 cm³/mol. The number of benzene rings is 1. The Labute approximate surface area is 66.1 Å². The van der Waals surface area contributed by atoms with E-state index in [0.717, 1.165) is 5.56 Å². The quantitative estimate of drug-likeness (QED) is 0.671. The average Bonchev–Trinajstić information content (AvgIpc) is 1.93. The van der Waals surface area contributed by atoms with Gasteiger partial charge in [0.05, 0.1) is 6.10 Å². The maximum atomic E-state index is 9.01. The number of phenolic OH excluding ortho intramolecular Hbond substituents is 1. The standard InChI is InChI=1S/C9H12O2/c1-7(10)6-8-2-4-9(11)5-3-8/h2-5,7,10-11H,6H2,1H3/t7-/m0/s1. The van der Waals surface area contributed by atoms with Gasteiger partial charge in [-0.15, -0.1) is 0 Å². The van der Waals surface area contributed by atoms with Crippen LogP contribution in [0.3, 0.4) is 0 Å². The van der Waals surface area contributed by atoms with Crippen molar-refractivity contribution in [1.29, 1.82) is 0 Å². The number of rotatable bonds is 2. The third kappa shape index (κ3) is 2.60. The van der Waals surface area contributed by atoms with E-state index in [9.17, 15) is 0 Å². The zero-order valence-corrected chi connectivity index (χ0v) is 6.49. The largest absolute Gasteiger partial charge is 0.508 e. The molecule has 1 rings (SSSR count). The Morgan fingerprint density at radius 1 is 1.27 bits per heavy atom. The SMILES string of the molecule is C[C@H](O)Cc1ccc(O)cc1. The van der Waals surface area contributed by atoms with Crippen LogP contribution < -0.4 is 0 Å². The molecule has 1 aromatic rings. The molecular formula is C9H12O2. The van der Waals surface area contributed by atoms with E-state index < -0.39 is 0 Å². The summed E-state index contributed by atoms with van der Waals surface area (Å²) in [6.07, 6.45) is 0.319. The summed E-state index contributed by atoms with van der Waals surface area (Å²) in [6.45, 7) is 1.74. The summed E-state index contributed by atoms with van der Waals surface area (Å²) in [7, 11) is 0. The molecule has 0 spiro atoms. The summed E-state index contributed by atoms with van der Waals surface area (Å²) >= 11 is 0. The Morgan fingerprint density at radius 2 is 1.82 bits per heavy atom. The van der Waals surface area contributed by atoms with Gasteiger partial charge in [0.25, 0.3) is 0 Å². The fourth-order valence-electron chi connectivity index (χ4n) is 0.973. The fourth-order valence-corrected chi connectivity index (χ4v) is 0.973. The van der Waals surface area contributed by atoms with Crippen LogP contribution in [0.25, 0.3) is 0 Å². The molecule has 0 aliphatic carbocycles. The van der Waals surface area contributed by atoms with Gasteiger partial charge in [0, 0.05) is 0 Å². The molecular weight excluding hydrogens is 140 g/mol. The summed E-state index contributed by atoms with van der Waals surface area (Å²) in [5.74, 6) is 0.263. The van der Waals surface area contributed by atoms with Gasteiger partial charge in [-0.2, -0.15) is 0 Å². The van der Waals surface area contributed by atoms with Crippen molar-refractivity contribution in [3.8, 4) is 5.75 Å². The molecule has 0 amide bonds. The minimum atomic E-state index is -0.320. The molecule has 0 aliphatic heterocycles. The average molecular weight is 152 g/mol. The van der Waals surface area contributed by atoms with Crippen molar-refractivity contribution in [2.24, 2.45) is 0 Å². The van der Waals surface area contributed by atoms with E-state index >= 15 is 0 Å². The van der Waals surface area contributed by atoms with E-state index in [2.05, 4.69) is 0 Å². The number of phenols is 1. The maximum absolute atomic E-state index is 9.01. The van der Waals surface area contributed by atoms with Gasteiger partial charge < -0.3 is 10.2 Å². The van der Waals surface area contributed by atoms with Gasteiger partial charge in [-0.3, -0.25) is 0 Å². The van der Waals surface area contributed by atoms with Gasteiger partial charge in [-0.25, -0.2) is 0 Å². The summed E-state index contributed by atoms with van der Waals surface area (Å²) in [5, 5.41) is 17.9. The molecule has 0 aliphatic rings. The van der Waals surface area contributed by atoms with Crippen molar-refractivity contribution >= 4 is 0 Å². The van der Waals surface area contributed by atoms with Crippen molar-refractivity contribution in [2.75, 3.05) is 0 Å². The first-order chi connectivity index (χ1) is 5.18. The van der Waals surface area contributed by atoms with Crippen molar-refractivity contribution in [1.82, 2.24) is 0 Å². The van der Waals surface area contributed by atoms with E-state index in [1.807, 2.05) is 12.1 Å². The normalized spacial score (nSPS) is 12.9. The lowest BCUT2D eigenvalue weighted by atomic mass is 10.1. The first kappa shape index (κ1) is 8.08. The number of aliphatic hydroxyl groups is 1. The van der Waals surface area contributed by atoms with Crippen LogP contribution in [-0.2, 0) is 6.42 Å². The van der Waals surface area contributed by atoms with Gasteiger partial charge >= 0.3 is 0 Å². The second-order valence-corrected chi connectivity index (χ2v) is 2.72. The summed E-state index contributed by atoms with van der Waals surface area (Å²) in [4.78, 5) is 0. The number of hydrogen-bond acceptors (Lipinski definition) is 2. The second kappa shape index (κ2) is 3.39. The van der Waals surface area contributed by atoms with Crippen LogP contribution in [0.5, 0.6) is 5.75 Å². The van der Waals surface area contributed by atoms with Crippen LogP contribution in [0, 0.1) is 0 Å². The minimum absolute atomic E-state index is 0.263. The maximum Gasteiger partial charge on any atom is 0.115 e. The highest BCUT2D eigenvalue weighted by atomic mass is 16.3. The molecule has 0 fully saturated rings. The molecule has 0 unspecified atom stereocenters. The molecule has 0 bridgehead atoms. The lowest BCUT2D eigenvalue weighted by Crippen LogP contribution is -2.03. The van der Waals surface area contributed by atoms with E-state index in [1.165, 1.54) is 0 Å². The highest BCUT2D eigenvalue weighted by Crippen LogP contribution is 2.10. The summed E-state index contributed by atoms with van der Waals surface area (Å²) in [6, 6.07) is 6.86. The Balaban J connectivity index is 2.66. The molecule has 0 saturated heterocycles. The molecule has 60 valence electrons. The topological polar surface area (TPSA) is 40.5 Å². The zero-order chi connectivity index (χ0) is 8.27. The first-order valence-electron chi connectivity index (χ1n) is 3.64. The fraction of sp³-hybridized carbons (Fsp3) is 0.333. The molecule has 0 heterocycles. The van der Waals surface area contributed by atoms with E-state index in [-0.39, 0.29) is 11.9 Å². The minimum Gasteiger partial charge on any atom is -0.508 e. The highest BCUT2D eigenvalue weighted by Gasteiger charge is 1.97. The smallest absolute Gasteiger partial charge is 0.115 e. The molecule has 0 saturated carbocycles. The van der Waals surface area contributed by atoms with Crippen LogP contribution in [-0.4, -0.2) is 16.3 Å². The number of aromatic hydroxyl groups is 1. The van der Waals surface area contributed by atoms with Crippen molar-refractivity contribution in [3.63, 3.8) is 0 Å². The van der Waals surface area contributed by atoms with Crippen LogP contribution in [0.15, 0.2) is 24.3 Å². The van der Waals surface area contributed by atoms with Crippen molar-refractivity contribution in [2.45, 2.75) is 19.4 Å². The Bertz CT molecular complexity index is 214. The van der Waals surface area contributed by atoms with Gasteiger partial charge in [-0.1, -0.05) is 12.1 Å². The van der Waals surface area contributed by atoms with Gasteiger partial charge in [-0.05, 0) is 31.0 Å². The van der Waals surface area contributed by atoms with Gasteiger partial charge in [0.15, 0.2) is 0 Å². The summed E-state index contributed by atoms with van der Waals surface area (Å²) in [5.41, 5.74) is 1.04. The second-order valence-electron chi connectivity index (χ2n) is 2.72. The molecule has 2 nitrogen and oxygen atoms in total. The molecule has 2 N–H and O–H groups in total. The molecule has 0 aromatic heterocycles. The van der Waals surface area contributed by atoms with Crippen LogP contribution in [0.4, 0.5) is 0 Å². The van der Waals surface area contributed by atoms with E-state index in [4.69, 9.17) is 10.2 Å². The molecule has 2 heteroatoms. The monoisotopic (exact) mass is 152 g/mol. The van der Waals surface area contributed by atoms with E-state index in [1.54, 1.807) is 19.1 Å². The van der Waals surface area contributed by atoms with Gasteiger partial charge in [0.1, 0.15) is 5.75 Å². The van der Waals surface area contributed by atoms with E-state index in [0.29, 0.717) is 6.42 Å². The molecule has 11 heavy (non-hydrogen) atoms. The van der Waals surface area contributed by atoms with Crippen molar-refractivity contribution < 1.29 is 10.2 Å².